The summed E-state index contributed by atoms with van der Waals surface area (Å²) >= 11 is 0. The number of nitrogens with zero attached hydrogens (tertiary/aromatic N) is 1. The Morgan fingerprint density at radius 2 is 2.31 bits per heavy atom. The smallest absolute Gasteiger partial charge is 0.190 e. The summed E-state index contributed by atoms with van der Waals surface area (Å²) in [5, 5.41) is 6.19. The van der Waals surface area contributed by atoms with Gasteiger partial charge in [0.05, 0.1) is 6.54 Å². The molecule has 2 N–H and O–H groups in total. The maximum atomic E-state index is 5.80. The second-order valence-corrected chi connectivity index (χ2v) is 3.75. The molecule has 2 rings (SSSR count). The molecule has 0 saturated carbocycles. The van der Waals surface area contributed by atoms with E-state index in [0.29, 0.717) is 0 Å². The van der Waals surface area contributed by atoms with E-state index in [4.69, 9.17) is 4.74 Å². The second kappa shape index (κ2) is 4.88. The maximum Gasteiger partial charge on any atom is 0.190 e. The molecule has 1 unspecified atom stereocenters. The van der Waals surface area contributed by atoms with Crippen molar-refractivity contribution in [1.82, 2.24) is 10.6 Å². The van der Waals surface area contributed by atoms with Crippen LogP contribution >= 0.6 is 0 Å². The van der Waals surface area contributed by atoms with Crippen LogP contribution in [-0.4, -0.2) is 32.7 Å². The summed E-state index contributed by atoms with van der Waals surface area (Å²) in [6.07, 6.45) is 1.16. The highest BCUT2D eigenvalue weighted by atomic mass is 16.5. The number of nitrogens with one attached hydrogen (secondary N) is 2. The highest BCUT2D eigenvalue weighted by Crippen LogP contribution is 2.27. The van der Waals surface area contributed by atoms with Crippen LogP contribution in [0.2, 0.25) is 0 Å². The van der Waals surface area contributed by atoms with Gasteiger partial charge in [-0.05, 0) is 11.6 Å². The molecule has 1 aliphatic rings. The van der Waals surface area contributed by atoms with Gasteiger partial charge in [0.15, 0.2) is 5.96 Å². The minimum atomic E-state index is 0.197. The predicted molar refractivity (Wildman–Crippen MR) is 65.0 cm³/mol. The van der Waals surface area contributed by atoms with Gasteiger partial charge in [-0.3, -0.25) is 4.99 Å². The zero-order chi connectivity index (χ0) is 11.4. The van der Waals surface area contributed by atoms with Crippen LogP contribution in [0.1, 0.15) is 5.56 Å². The Balaban J connectivity index is 1.88. The fraction of sp³-hybridized carbons (Fsp3) is 0.417. The third-order valence-electron chi connectivity index (χ3n) is 2.67. The Morgan fingerprint density at radius 1 is 1.50 bits per heavy atom. The van der Waals surface area contributed by atoms with E-state index >= 15 is 0 Å². The summed E-state index contributed by atoms with van der Waals surface area (Å²) in [7, 11) is 3.60. The lowest BCUT2D eigenvalue weighted by Crippen LogP contribution is -2.40. The summed E-state index contributed by atoms with van der Waals surface area (Å²) < 4.78 is 5.80. The molecule has 0 saturated heterocycles. The normalized spacial score (nSPS) is 18.9. The van der Waals surface area contributed by atoms with Crippen molar-refractivity contribution in [2.45, 2.75) is 12.5 Å². The fourth-order valence-corrected chi connectivity index (χ4v) is 1.86. The van der Waals surface area contributed by atoms with Crippen LogP contribution in [-0.2, 0) is 6.42 Å². The first-order valence-corrected chi connectivity index (χ1v) is 5.46. The number of benzene rings is 1. The van der Waals surface area contributed by atoms with E-state index in [2.05, 4.69) is 21.7 Å². The minimum absolute atomic E-state index is 0.197. The van der Waals surface area contributed by atoms with Gasteiger partial charge in [0.1, 0.15) is 11.9 Å². The highest BCUT2D eigenvalue weighted by molar-refractivity contribution is 5.79. The lowest BCUT2D eigenvalue weighted by atomic mass is 10.1. The standard InChI is InChI=1S/C12H17N3O/c1-13-12(14-2)15-8-10-7-9-5-3-4-6-11(9)16-10/h3-6,10H,7-8H2,1-2H3,(H2,13,14,15). The lowest BCUT2D eigenvalue weighted by molar-refractivity contribution is 0.235. The summed E-state index contributed by atoms with van der Waals surface area (Å²) in [5.41, 5.74) is 1.29. The van der Waals surface area contributed by atoms with Gasteiger partial charge in [0.2, 0.25) is 0 Å². The fourth-order valence-electron chi connectivity index (χ4n) is 1.86. The van der Waals surface area contributed by atoms with Crippen molar-refractivity contribution in [3.63, 3.8) is 0 Å². The first-order chi connectivity index (χ1) is 7.83. The third-order valence-corrected chi connectivity index (χ3v) is 2.67. The van der Waals surface area contributed by atoms with E-state index in [9.17, 15) is 0 Å². The van der Waals surface area contributed by atoms with Gasteiger partial charge in [-0.25, -0.2) is 0 Å². The van der Waals surface area contributed by atoms with Crippen molar-refractivity contribution in [2.75, 3.05) is 20.6 Å². The van der Waals surface area contributed by atoms with Crippen LogP contribution < -0.4 is 15.4 Å². The van der Waals surface area contributed by atoms with Crippen LogP contribution in [0, 0.1) is 0 Å². The molecule has 1 aromatic rings. The van der Waals surface area contributed by atoms with E-state index in [-0.39, 0.29) is 6.10 Å². The largest absolute Gasteiger partial charge is 0.488 e. The molecule has 0 amide bonds. The molecule has 1 heterocycles. The van der Waals surface area contributed by atoms with Gasteiger partial charge < -0.3 is 15.4 Å². The molecule has 1 aromatic carbocycles. The minimum Gasteiger partial charge on any atom is -0.488 e. The summed E-state index contributed by atoms with van der Waals surface area (Å²) in [6.45, 7) is 0.766. The summed E-state index contributed by atoms with van der Waals surface area (Å²) in [6, 6.07) is 8.18. The van der Waals surface area contributed by atoms with Gasteiger partial charge in [-0.1, -0.05) is 18.2 Å². The number of fused-ring (bicyclic) bond motifs is 1. The molecule has 0 fully saturated rings. The zero-order valence-corrected chi connectivity index (χ0v) is 9.66. The van der Waals surface area contributed by atoms with Gasteiger partial charge in [-0.15, -0.1) is 0 Å². The van der Waals surface area contributed by atoms with E-state index in [1.165, 1.54) is 5.56 Å². The van der Waals surface area contributed by atoms with Crippen LogP contribution in [0.25, 0.3) is 0 Å². The molecule has 0 aliphatic carbocycles. The number of guanidine groups is 1. The molecule has 0 radical (unpaired) electrons. The number of para-hydroxylation sites is 1. The van der Waals surface area contributed by atoms with E-state index in [1.54, 1.807) is 7.05 Å². The molecule has 0 bridgehead atoms. The average molecular weight is 219 g/mol. The van der Waals surface area contributed by atoms with Crippen LogP contribution in [0.15, 0.2) is 29.3 Å². The number of aliphatic imine (C=N–C) groups is 1. The van der Waals surface area contributed by atoms with Gasteiger partial charge in [0.25, 0.3) is 0 Å². The molecule has 16 heavy (non-hydrogen) atoms. The summed E-state index contributed by atoms with van der Waals surface area (Å²) in [5.74, 6) is 1.80. The van der Waals surface area contributed by atoms with E-state index in [0.717, 1.165) is 24.7 Å². The summed E-state index contributed by atoms with van der Waals surface area (Å²) in [4.78, 5) is 4.06. The average Bonchev–Trinajstić information content (AvgIpc) is 2.73. The number of hydrogen-bond acceptors (Lipinski definition) is 2. The molecular weight excluding hydrogens is 202 g/mol. The molecule has 4 nitrogen and oxygen atoms in total. The van der Waals surface area contributed by atoms with Crippen LogP contribution in [0.3, 0.4) is 0 Å². The zero-order valence-electron chi connectivity index (χ0n) is 9.66. The predicted octanol–water partition coefficient (Wildman–Crippen LogP) is 0.785. The molecular formula is C12H17N3O. The van der Waals surface area contributed by atoms with Gasteiger partial charge >= 0.3 is 0 Å². The van der Waals surface area contributed by atoms with Gasteiger partial charge in [0, 0.05) is 20.5 Å². The Bertz CT molecular complexity index is 365. The van der Waals surface area contributed by atoms with E-state index in [1.807, 2.05) is 25.2 Å². The van der Waals surface area contributed by atoms with Crippen molar-refractivity contribution < 1.29 is 4.74 Å². The van der Waals surface area contributed by atoms with Crippen molar-refractivity contribution in [1.29, 1.82) is 0 Å². The molecule has 1 atom stereocenters. The molecule has 4 heteroatoms. The van der Waals surface area contributed by atoms with Crippen molar-refractivity contribution in [3.8, 4) is 5.75 Å². The quantitative estimate of drug-likeness (QED) is 0.571. The maximum absolute atomic E-state index is 5.80. The molecule has 0 aromatic heterocycles. The monoisotopic (exact) mass is 219 g/mol. The van der Waals surface area contributed by atoms with Crippen LogP contribution in [0.5, 0.6) is 5.75 Å². The molecule has 1 aliphatic heterocycles. The highest BCUT2D eigenvalue weighted by Gasteiger charge is 2.21. The lowest BCUT2D eigenvalue weighted by Gasteiger charge is -2.13. The van der Waals surface area contributed by atoms with Crippen molar-refractivity contribution in [2.24, 2.45) is 4.99 Å². The number of ether oxygens (including phenoxy) is 1. The molecule has 86 valence electrons. The second-order valence-electron chi connectivity index (χ2n) is 3.75. The number of rotatable bonds is 2. The first-order valence-electron chi connectivity index (χ1n) is 5.46. The van der Waals surface area contributed by atoms with Crippen molar-refractivity contribution in [3.05, 3.63) is 29.8 Å². The number of hydrogen-bond donors (Lipinski definition) is 2. The Morgan fingerprint density at radius 3 is 3.00 bits per heavy atom. The van der Waals surface area contributed by atoms with Gasteiger partial charge in [-0.2, -0.15) is 0 Å². The topological polar surface area (TPSA) is 45.7 Å². The SMILES string of the molecule is CN=C(NC)NCC1Cc2ccccc2O1. The Labute approximate surface area is 95.7 Å². The Hall–Kier alpha value is -1.71. The molecule has 0 spiro atoms. The van der Waals surface area contributed by atoms with E-state index < -0.39 is 0 Å². The first kappa shape index (κ1) is 10.8. The van der Waals surface area contributed by atoms with Crippen molar-refractivity contribution >= 4 is 5.96 Å². The third kappa shape index (κ3) is 2.27. The van der Waals surface area contributed by atoms with Crippen LogP contribution in [0.4, 0.5) is 0 Å². The Kier molecular flexibility index (Phi) is 3.29.